The second kappa shape index (κ2) is 9.47. The molecule has 0 atom stereocenters. The number of thiophene rings is 1. The van der Waals surface area contributed by atoms with Gasteiger partial charge in [-0.05, 0) is 23.6 Å². The van der Waals surface area contributed by atoms with Crippen LogP contribution in [0.1, 0.15) is 11.8 Å². The predicted octanol–water partition coefficient (Wildman–Crippen LogP) is 3.75. The quantitative estimate of drug-likeness (QED) is 0.384. The Balaban J connectivity index is 1.30. The third kappa shape index (κ3) is 5.00. The van der Waals surface area contributed by atoms with Gasteiger partial charge in [0.15, 0.2) is 0 Å². The van der Waals surface area contributed by atoms with Gasteiger partial charge in [0.25, 0.3) is 10.0 Å². The van der Waals surface area contributed by atoms with Gasteiger partial charge >= 0.3 is 5.97 Å². The first-order valence-electron chi connectivity index (χ1n) is 10.7. The van der Waals surface area contributed by atoms with E-state index in [0.29, 0.717) is 18.8 Å². The standard InChI is InChI=1S/C22H23N5O4S3/c1-15(28)31-27-9-7-26(8-10-27)14-17-13-23-22(33-17)19-12-16-4-2-5-18(21(16)24-19)25-34(29,30)20-6-3-11-32-20/h2-6,11-13,24-25H,7-10,14H2,1H3. The molecule has 0 saturated carbocycles. The number of aromatic nitrogens is 2. The topological polar surface area (TPSA) is 108 Å². The summed E-state index contributed by atoms with van der Waals surface area (Å²) in [7, 11) is -3.64. The molecule has 2 N–H and O–H groups in total. The zero-order chi connectivity index (χ0) is 23.7. The number of hydrogen-bond acceptors (Lipinski definition) is 9. The van der Waals surface area contributed by atoms with E-state index in [-0.39, 0.29) is 10.2 Å². The highest BCUT2D eigenvalue weighted by Gasteiger charge is 2.21. The highest BCUT2D eigenvalue weighted by molar-refractivity contribution is 7.94. The molecule has 12 heteroatoms. The molecule has 0 spiro atoms. The van der Waals surface area contributed by atoms with Crippen molar-refractivity contribution in [3.8, 4) is 10.7 Å². The Kier molecular flexibility index (Phi) is 6.40. The van der Waals surface area contributed by atoms with Crippen LogP contribution in [0, 0.1) is 0 Å². The van der Waals surface area contributed by atoms with E-state index in [1.54, 1.807) is 40.0 Å². The largest absolute Gasteiger partial charge is 0.368 e. The zero-order valence-corrected chi connectivity index (χ0v) is 20.8. The van der Waals surface area contributed by atoms with Crippen molar-refractivity contribution < 1.29 is 18.0 Å². The number of piperazine rings is 1. The number of thiazole rings is 1. The third-order valence-corrected chi connectivity index (χ3v) is 9.19. The number of H-pyrrole nitrogens is 1. The van der Waals surface area contributed by atoms with Gasteiger partial charge in [-0.2, -0.15) is 0 Å². The molecule has 34 heavy (non-hydrogen) atoms. The van der Waals surface area contributed by atoms with Crippen LogP contribution in [0.15, 0.2) is 52.2 Å². The first kappa shape index (κ1) is 23.0. The molecular formula is C22H23N5O4S3. The molecule has 0 aliphatic carbocycles. The smallest absolute Gasteiger partial charge is 0.322 e. The van der Waals surface area contributed by atoms with Crippen LogP contribution in [-0.2, 0) is 26.2 Å². The molecule has 0 amide bonds. The van der Waals surface area contributed by atoms with E-state index in [1.807, 2.05) is 24.4 Å². The molecule has 1 aliphatic heterocycles. The van der Waals surface area contributed by atoms with Gasteiger partial charge in [-0.1, -0.05) is 18.2 Å². The van der Waals surface area contributed by atoms with Gasteiger partial charge in [0.2, 0.25) is 0 Å². The maximum absolute atomic E-state index is 12.7. The summed E-state index contributed by atoms with van der Waals surface area (Å²) >= 11 is 2.78. The van der Waals surface area contributed by atoms with E-state index in [2.05, 4.69) is 19.6 Å². The van der Waals surface area contributed by atoms with Crippen molar-refractivity contribution in [3.05, 3.63) is 52.9 Å². The lowest BCUT2D eigenvalue weighted by atomic mass is 10.2. The molecule has 0 bridgehead atoms. The minimum Gasteiger partial charge on any atom is -0.368 e. The Hall–Kier alpha value is -2.77. The molecule has 9 nitrogen and oxygen atoms in total. The molecular weight excluding hydrogens is 494 g/mol. The number of nitrogens with one attached hydrogen (secondary N) is 2. The van der Waals surface area contributed by atoms with E-state index in [9.17, 15) is 13.2 Å². The van der Waals surface area contributed by atoms with Crippen LogP contribution in [0.2, 0.25) is 0 Å². The van der Waals surface area contributed by atoms with Crippen LogP contribution < -0.4 is 4.72 Å². The second-order valence-corrected chi connectivity index (χ2v) is 11.9. The molecule has 1 saturated heterocycles. The van der Waals surface area contributed by atoms with Gasteiger partial charge in [-0.3, -0.25) is 14.4 Å². The van der Waals surface area contributed by atoms with Crippen molar-refractivity contribution in [2.75, 3.05) is 30.9 Å². The number of carbonyl (C=O) groups is 1. The van der Waals surface area contributed by atoms with Crippen LogP contribution >= 0.6 is 22.7 Å². The Labute approximate surface area is 205 Å². The van der Waals surface area contributed by atoms with Gasteiger partial charge in [-0.25, -0.2) is 13.4 Å². The van der Waals surface area contributed by atoms with Crippen LogP contribution in [0.25, 0.3) is 21.6 Å². The summed E-state index contributed by atoms with van der Waals surface area (Å²) in [6, 6.07) is 10.8. The maximum atomic E-state index is 12.7. The third-order valence-electron chi connectivity index (χ3n) is 5.41. The molecule has 4 aromatic rings. The number of sulfonamides is 1. The lowest BCUT2D eigenvalue weighted by Crippen LogP contribution is -2.46. The van der Waals surface area contributed by atoms with Crippen molar-refractivity contribution in [2.45, 2.75) is 17.7 Å². The first-order chi connectivity index (χ1) is 16.4. The molecule has 5 rings (SSSR count). The van der Waals surface area contributed by atoms with Crippen molar-refractivity contribution in [3.63, 3.8) is 0 Å². The van der Waals surface area contributed by atoms with Gasteiger partial charge < -0.3 is 9.82 Å². The fraction of sp³-hybridized carbons (Fsp3) is 0.273. The Bertz CT molecular complexity index is 1400. The highest BCUT2D eigenvalue weighted by atomic mass is 32.2. The maximum Gasteiger partial charge on any atom is 0.322 e. The number of anilines is 1. The zero-order valence-electron chi connectivity index (χ0n) is 18.4. The number of hydrogen-bond donors (Lipinski definition) is 2. The van der Waals surface area contributed by atoms with Crippen LogP contribution in [0.4, 0.5) is 5.69 Å². The molecule has 1 aliphatic rings. The number of nitrogens with zero attached hydrogens (tertiary/aromatic N) is 3. The number of carbonyl (C=O) groups excluding carboxylic acids is 1. The monoisotopic (exact) mass is 517 g/mol. The fourth-order valence-electron chi connectivity index (χ4n) is 3.85. The highest BCUT2D eigenvalue weighted by Crippen LogP contribution is 2.32. The number of fused-ring (bicyclic) bond motifs is 1. The first-order valence-corrected chi connectivity index (χ1v) is 13.8. The van der Waals surface area contributed by atoms with Gasteiger partial charge in [0.05, 0.1) is 16.9 Å². The predicted molar refractivity (Wildman–Crippen MR) is 133 cm³/mol. The van der Waals surface area contributed by atoms with Crippen molar-refractivity contribution >= 4 is 55.3 Å². The van der Waals surface area contributed by atoms with E-state index in [1.165, 1.54) is 18.3 Å². The fourth-order valence-corrected chi connectivity index (χ4v) is 6.85. The van der Waals surface area contributed by atoms with Gasteiger partial charge in [0, 0.05) is 56.1 Å². The summed E-state index contributed by atoms with van der Waals surface area (Å²) in [5.41, 5.74) is 2.06. The summed E-state index contributed by atoms with van der Waals surface area (Å²) in [4.78, 5) is 27.6. The summed E-state index contributed by atoms with van der Waals surface area (Å²) in [5.74, 6) is -0.290. The summed E-state index contributed by atoms with van der Waals surface area (Å²) in [6.45, 7) is 5.16. The minimum atomic E-state index is -3.64. The summed E-state index contributed by atoms with van der Waals surface area (Å²) in [6.07, 6.45) is 1.88. The molecule has 3 aromatic heterocycles. The number of aromatic amines is 1. The van der Waals surface area contributed by atoms with E-state index >= 15 is 0 Å². The molecule has 178 valence electrons. The lowest BCUT2D eigenvalue weighted by Gasteiger charge is -2.32. The van der Waals surface area contributed by atoms with E-state index in [4.69, 9.17) is 4.84 Å². The van der Waals surface area contributed by atoms with Crippen molar-refractivity contribution in [1.82, 2.24) is 19.9 Å². The summed E-state index contributed by atoms with van der Waals surface area (Å²) < 4.78 is 28.4. The molecule has 0 unspecified atom stereocenters. The van der Waals surface area contributed by atoms with Crippen molar-refractivity contribution in [2.24, 2.45) is 0 Å². The number of para-hydroxylation sites is 1. The second-order valence-electron chi connectivity index (χ2n) is 7.91. The molecule has 1 fully saturated rings. The van der Waals surface area contributed by atoms with Crippen LogP contribution in [0.5, 0.6) is 0 Å². The van der Waals surface area contributed by atoms with E-state index in [0.717, 1.165) is 46.1 Å². The minimum absolute atomic E-state index is 0.273. The number of hydroxylamine groups is 2. The van der Waals surface area contributed by atoms with E-state index < -0.39 is 10.0 Å². The Morgan fingerprint density at radius 2 is 2.03 bits per heavy atom. The normalized spacial score (nSPS) is 15.6. The van der Waals surface area contributed by atoms with Gasteiger partial charge in [0.1, 0.15) is 9.22 Å². The van der Waals surface area contributed by atoms with Crippen LogP contribution in [-0.4, -0.2) is 60.5 Å². The number of benzene rings is 1. The van der Waals surface area contributed by atoms with Crippen molar-refractivity contribution in [1.29, 1.82) is 0 Å². The number of rotatable bonds is 7. The Morgan fingerprint density at radius 3 is 2.76 bits per heavy atom. The lowest BCUT2D eigenvalue weighted by molar-refractivity contribution is -0.195. The summed E-state index contributed by atoms with van der Waals surface area (Å²) in [5, 5.41) is 5.18. The molecule has 1 aromatic carbocycles. The van der Waals surface area contributed by atoms with Gasteiger partial charge in [-0.15, -0.1) is 27.7 Å². The Morgan fingerprint density at radius 1 is 1.21 bits per heavy atom. The average Bonchev–Trinajstić information content (AvgIpc) is 3.55. The average molecular weight is 518 g/mol. The molecule has 4 heterocycles. The SMILES string of the molecule is CC(=O)ON1CCN(Cc2cnc(-c3cc4cccc(NS(=O)(=O)c5cccs5)c4[nH]3)s2)CC1. The molecule has 0 radical (unpaired) electrons. The van der Waals surface area contributed by atoms with Crippen LogP contribution in [0.3, 0.4) is 0 Å².